The second-order valence-electron chi connectivity index (χ2n) is 2.95. The number of nitrogens with one attached hydrogen (secondary N) is 1. The van der Waals surface area contributed by atoms with Gasteiger partial charge >= 0.3 is 0 Å². The van der Waals surface area contributed by atoms with Crippen molar-refractivity contribution in [3.63, 3.8) is 0 Å². The highest BCUT2D eigenvalue weighted by atomic mass is 35.5. The topological polar surface area (TPSA) is 71.5 Å². The van der Waals surface area contributed by atoms with E-state index in [0.29, 0.717) is 9.34 Å². The van der Waals surface area contributed by atoms with Gasteiger partial charge in [-0.3, -0.25) is 9.63 Å². The van der Waals surface area contributed by atoms with Crippen LogP contribution in [0.15, 0.2) is 0 Å². The molecule has 0 fully saturated rings. The molecular formula is C8H11ClN2O3S. The minimum Gasteiger partial charge on any atom is -0.391 e. The summed E-state index contributed by atoms with van der Waals surface area (Å²) in [6, 6.07) is 0. The fraction of sp³-hybridized carbons (Fsp3) is 0.500. The molecule has 1 atom stereocenters. The molecule has 1 aromatic rings. The number of aromatic nitrogens is 1. The number of hydroxylamine groups is 1. The van der Waals surface area contributed by atoms with Crippen LogP contribution in [0.2, 0.25) is 4.34 Å². The Hall–Kier alpha value is -0.690. The molecule has 1 heterocycles. The predicted octanol–water partition coefficient (Wildman–Crippen LogP) is 1.15. The first-order valence-corrected chi connectivity index (χ1v) is 5.43. The average Bonchev–Trinajstić information content (AvgIpc) is 2.44. The number of carbonyl (C=O) groups is 1. The largest absolute Gasteiger partial charge is 0.391 e. The van der Waals surface area contributed by atoms with Crippen LogP contribution in [0.3, 0.4) is 0 Å². The molecule has 1 rings (SSSR count). The summed E-state index contributed by atoms with van der Waals surface area (Å²) in [5.74, 6) is -0.509. The highest BCUT2D eigenvalue weighted by molar-refractivity contribution is 7.16. The zero-order valence-corrected chi connectivity index (χ0v) is 9.85. The van der Waals surface area contributed by atoms with Crippen molar-refractivity contribution in [2.45, 2.75) is 20.0 Å². The number of aliphatic hydroxyl groups is 1. The molecular weight excluding hydrogens is 240 g/mol. The van der Waals surface area contributed by atoms with Crippen LogP contribution >= 0.6 is 22.9 Å². The number of halogens is 1. The lowest BCUT2D eigenvalue weighted by molar-refractivity contribution is -0.00708. The Morgan fingerprint density at radius 2 is 2.47 bits per heavy atom. The van der Waals surface area contributed by atoms with Crippen LogP contribution in [0.5, 0.6) is 0 Å². The van der Waals surface area contributed by atoms with E-state index in [4.69, 9.17) is 21.5 Å². The van der Waals surface area contributed by atoms with Crippen LogP contribution in [0.1, 0.15) is 22.4 Å². The zero-order valence-electron chi connectivity index (χ0n) is 8.28. The summed E-state index contributed by atoms with van der Waals surface area (Å²) in [5.41, 5.74) is 2.29. The van der Waals surface area contributed by atoms with Gasteiger partial charge in [-0.1, -0.05) is 11.6 Å². The Balaban J connectivity index is 2.50. The third-order valence-corrected chi connectivity index (χ3v) is 2.57. The Morgan fingerprint density at radius 3 is 2.93 bits per heavy atom. The number of rotatable bonds is 4. The molecule has 1 amide bonds. The van der Waals surface area contributed by atoms with Gasteiger partial charge < -0.3 is 5.11 Å². The van der Waals surface area contributed by atoms with Crippen molar-refractivity contribution >= 4 is 28.8 Å². The van der Waals surface area contributed by atoms with Gasteiger partial charge in [-0.15, -0.1) is 11.3 Å². The predicted molar refractivity (Wildman–Crippen MR) is 57.0 cm³/mol. The lowest BCUT2D eigenvalue weighted by Gasteiger charge is -2.05. The molecule has 15 heavy (non-hydrogen) atoms. The maximum Gasteiger partial charge on any atom is 0.295 e. The Morgan fingerprint density at radius 1 is 1.80 bits per heavy atom. The second kappa shape index (κ2) is 5.41. The van der Waals surface area contributed by atoms with E-state index in [9.17, 15) is 4.79 Å². The third-order valence-electron chi connectivity index (χ3n) is 1.40. The molecule has 0 radical (unpaired) electrons. The van der Waals surface area contributed by atoms with Gasteiger partial charge in [-0.05, 0) is 13.8 Å². The highest BCUT2D eigenvalue weighted by Gasteiger charge is 2.15. The summed E-state index contributed by atoms with van der Waals surface area (Å²) in [4.78, 5) is 20.1. The van der Waals surface area contributed by atoms with Gasteiger partial charge in [0.2, 0.25) is 0 Å². The number of aryl methyl sites for hydroxylation is 1. The summed E-state index contributed by atoms with van der Waals surface area (Å²) in [7, 11) is 0. The van der Waals surface area contributed by atoms with Crippen LogP contribution in [-0.2, 0) is 4.84 Å². The van der Waals surface area contributed by atoms with Gasteiger partial charge in [0.15, 0.2) is 5.69 Å². The number of hydrogen-bond donors (Lipinski definition) is 2. The molecule has 0 bridgehead atoms. The lowest BCUT2D eigenvalue weighted by atomic mass is 10.4. The minimum atomic E-state index is -0.641. The number of nitrogens with zero attached hydrogens (tertiary/aromatic N) is 1. The highest BCUT2D eigenvalue weighted by Crippen LogP contribution is 2.23. The molecule has 7 heteroatoms. The van der Waals surface area contributed by atoms with Gasteiger partial charge in [0.25, 0.3) is 5.91 Å². The van der Waals surface area contributed by atoms with Gasteiger partial charge in [-0.25, -0.2) is 10.5 Å². The third kappa shape index (κ3) is 3.75. The summed E-state index contributed by atoms with van der Waals surface area (Å²) >= 11 is 7.00. The summed E-state index contributed by atoms with van der Waals surface area (Å²) < 4.78 is 0.325. The quantitative estimate of drug-likeness (QED) is 0.787. The molecule has 0 aliphatic rings. The van der Waals surface area contributed by atoms with E-state index in [1.54, 1.807) is 13.8 Å². The van der Waals surface area contributed by atoms with Crippen molar-refractivity contribution in [2.75, 3.05) is 6.61 Å². The maximum atomic E-state index is 11.4. The maximum absolute atomic E-state index is 11.4. The van der Waals surface area contributed by atoms with Crippen molar-refractivity contribution in [2.24, 2.45) is 0 Å². The Labute approximate surface area is 96.0 Å². The average molecular weight is 251 g/mol. The fourth-order valence-corrected chi connectivity index (χ4v) is 1.91. The van der Waals surface area contributed by atoms with Crippen molar-refractivity contribution in [1.82, 2.24) is 10.5 Å². The van der Waals surface area contributed by atoms with Crippen LogP contribution < -0.4 is 5.48 Å². The van der Waals surface area contributed by atoms with Crippen molar-refractivity contribution < 1.29 is 14.7 Å². The number of amides is 1. The zero-order chi connectivity index (χ0) is 11.4. The monoisotopic (exact) mass is 250 g/mol. The van der Waals surface area contributed by atoms with E-state index in [2.05, 4.69) is 10.5 Å². The molecule has 1 aromatic heterocycles. The summed E-state index contributed by atoms with van der Waals surface area (Å²) in [6.45, 7) is 3.32. The standard InChI is InChI=1S/C8H11ClN2O3S/c1-4(12)3-14-11-8(13)6-7(9)15-5(2)10-6/h4,12H,3H2,1-2H3,(H,11,13). The summed E-state index contributed by atoms with van der Waals surface area (Å²) in [6.07, 6.45) is -0.641. The molecule has 5 nitrogen and oxygen atoms in total. The van der Waals surface area contributed by atoms with Gasteiger partial charge in [0.1, 0.15) is 10.9 Å². The number of thiazole rings is 1. The molecule has 0 aromatic carbocycles. The van der Waals surface area contributed by atoms with E-state index in [1.165, 1.54) is 11.3 Å². The van der Waals surface area contributed by atoms with Crippen LogP contribution in [-0.4, -0.2) is 28.7 Å². The lowest BCUT2D eigenvalue weighted by Crippen LogP contribution is -2.27. The molecule has 0 aliphatic carbocycles. The van der Waals surface area contributed by atoms with Gasteiger partial charge in [0.05, 0.1) is 11.1 Å². The smallest absolute Gasteiger partial charge is 0.295 e. The summed E-state index contributed by atoms with van der Waals surface area (Å²) in [5, 5.41) is 9.59. The minimum absolute atomic E-state index is 0.0203. The molecule has 0 saturated heterocycles. The molecule has 1 unspecified atom stereocenters. The Kier molecular flexibility index (Phi) is 4.46. The SMILES string of the molecule is Cc1nc(C(=O)NOCC(C)O)c(Cl)s1. The normalized spacial score (nSPS) is 12.5. The van der Waals surface area contributed by atoms with Gasteiger partial charge in [-0.2, -0.15) is 0 Å². The first-order chi connectivity index (χ1) is 7.00. The molecule has 2 N–H and O–H groups in total. The van der Waals surface area contributed by atoms with E-state index in [1.807, 2.05) is 0 Å². The van der Waals surface area contributed by atoms with E-state index in [0.717, 1.165) is 0 Å². The second-order valence-corrected chi connectivity index (χ2v) is 4.75. The van der Waals surface area contributed by atoms with Crippen molar-refractivity contribution in [3.05, 3.63) is 15.0 Å². The first-order valence-electron chi connectivity index (χ1n) is 4.24. The van der Waals surface area contributed by atoms with Crippen LogP contribution in [0.25, 0.3) is 0 Å². The van der Waals surface area contributed by atoms with E-state index in [-0.39, 0.29) is 12.3 Å². The molecule has 0 aliphatic heterocycles. The van der Waals surface area contributed by atoms with Gasteiger partial charge in [0, 0.05) is 0 Å². The number of carbonyl (C=O) groups excluding carboxylic acids is 1. The molecule has 84 valence electrons. The van der Waals surface area contributed by atoms with Crippen molar-refractivity contribution in [3.8, 4) is 0 Å². The van der Waals surface area contributed by atoms with E-state index < -0.39 is 12.0 Å². The molecule has 0 spiro atoms. The van der Waals surface area contributed by atoms with Crippen LogP contribution in [0, 0.1) is 6.92 Å². The van der Waals surface area contributed by atoms with Crippen molar-refractivity contribution in [1.29, 1.82) is 0 Å². The number of hydrogen-bond acceptors (Lipinski definition) is 5. The Bertz CT molecular complexity index is 354. The first kappa shape index (κ1) is 12.4. The van der Waals surface area contributed by atoms with Crippen LogP contribution in [0.4, 0.5) is 0 Å². The number of aliphatic hydroxyl groups excluding tert-OH is 1. The van der Waals surface area contributed by atoms with E-state index >= 15 is 0 Å². The molecule has 0 saturated carbocycles. The fourth-order valence-electron chi connectivity index (χ4n) is 0.818.